The molecule has 128 valence electrons. The molecule has 7 N–H and O–H groups in total. The zero-order valence-corrected chi connectivity index (χ0v) is 13.3. The fraction of sp³-hybridized carbons (Fsp3) is 0.750. The number of carbonyl (C=O) groups is 3. The summed E-state index contributed by atoms with van der Waals surface area (Å²) in [4.78, 5) is 34.6. The van der Waals surface area contributed by atoms with Crippen LogP contribution in [0.25, 0.3) is 0 Å². The number of aliphatic hydroxyl groups is 2. The van der Waals surface area contributed by atoms with Crippen LogP contribution in [0.5, 0.6) is 0 Å². The molecule has 22 heavy (non-hydrogen) atoms. The van der Waals surface area contributed by atoms with Crippen molar-refractivity contribution in [2.75, 3.05) is 18.6 Å². The highest BCUT2D eigenvalue weighted by Crippen LogP contribution is 2.02. The normalized spacial score (nSPS) is 16.2. The summed E-state index contributed by atoms with van der Waals surface area (Å²) in [5.74, 6) is -2.33. The van der Waals surface area contributed by atoms with Crippen molar-refractivity contribution >= 4 is 29.5 Å². The van der Waals surface area contributed by atoms with Crippen molar-refractivity contribution in [1.82, 2.24) is 10.6 Å². The summed E-state index contributed by atoms with van der Waals surface area (Å²) in [6.45, 7) is 0.583. The van der Waals surface area contributed by atoms with Crippen molar-refractivity contribution in [2.45, 2.75) is 37.6 Å². The first-order valence-electron chi connectivity index (χ1n) is 6.61. The summed E-state index contributed by atoms with van der Waals surface area (Å²) in [6, 6.07) is -3.71. The van der Waals surface area contributed by atoms with Crippen molar-refractivity contribution < 1.29 is 29.7 Å². The molecule has 0 bridgehead atoms. The average molecular weight is 337 g/mol. The van der Waals surface area contributed by atoms with Gasteiger partial charge in [-0.15, -0.1) is 0 Å². The van der Waals surface area contributed by atoms with Gasteiger partial charge in [0.2, 0.25) is 11.8 Å². The van der Waals surface area contributed by atoms with Crippen LogP contribution in [0.1, 0.15) is 13.3 Å². The van der Waals surface area contributed by atoms with Crippen molar-refractivity contribution in [1.29, 1.82) is 0 Å². The Morgan fingerprint density at radius 1 is 1.18 bits per heavy atom. The summed E-state index contributed by atoms with van der Waals surface area (Å²) in [7, 11) is 0. The predicted molar refractivity (Wildman–Crippen MR) is 81.2 cm³/mol. The van der Waals surface area contributed by atoms with Crippen molar-refractivity contribution in [3.05, 3.63) is 0 Å². The molecule has 0 radical (unpaired) electrons. The molecule has 0 aliphatic heterocycles. The van der Waals surface area contributed by atoms with E-state index in [9.17, 15) is 19.5 Å². The SMILES string of the molecule is CSCC[C@H](NC(=O)[C@H](CO)NC(=O)[C@@H](N)[C@@H](C)O)C(=O)O. The molecule has 0 aliphatic carbocycles. The second kappa shape index (κ2) is 10.4. The van der Waals surface area contributed by atoms with E-state index >= 15 is 0 Å². The van der Waals surface area contributed by atoms with E-state index in [1.807, 2.05) is 0 Å². The topological polar surface area (TPSA) is 162 Å². The number of rotatable bonds is 10. The van der Waals surface area contributed by atoms with E-state index in [0.717, 1.165) is 0 Å². The Balaban J connectivity index is 4.69. The largest absolute Gasteiger partial charge is 0.480 e. The van der Waals surface area contributed by atoms with Gasteiger partial charge in [-0.3, -0.25) is 9.59 Å². The monoisotopic (exact) mass is 337 g/mol. The molecule has 0 aromatic heterocycles. The molecule has 0 heterocycles. The number of thioether (sulfide) groups is 1. The van der Waals surface area contributed by atoms with Gasteiger partial charge in [-0.1, -0.05) is 0 Å². The van der Waals surface area contributed by atoms with Crippen LogP contribution in [-0.2, 0) is 14.4 Å². The smallest absolute Gasteiger partial charge is 0.326 e. The Labute approximate surface area is 132 Å². The molecule has 2 amide bonds. The first kappa shape index (κ1) is 20.6. The van der Waals surface area contributed by atoms with E-state index in [2.05, 4.69) is 10.6 Å². The maximum Gasteiger partial charge on any atom is 0.326 e. The summed E-state index contributed by atoms with van der Waals surface area (Å²) in [5, 5.41) is 31.8. The minimum Gasteiger partial charge on any atom is -0.480 e. The van der Waals surface area contributed by atoms with Crippen molar-refractivity contribution in [3.8, 4) is 0 Å². The van der Waals surface area contributed by atoms with Crippen LogP contribution in [0.4, 0.5) is 0 Å². The number of carboxylic acid groups (broad SMARTS) is 1. The molecule has 4 atom stereocenters. The summed E-state index contributed by atoms with van der Waals surface area (Å²) < 4.78 is 0. The third-order valence-electron chi connectivity index (χ3n) is 2.86. The van der Waals surface area contributed by atoms with Gasteiger partial charge in [0.1, 0.15) is 18.1 Å². The number of aliphatic hydroxyl groups excluding tert-OH is 2. The molecule has 0 fully saturated rings. The quantitative estimate of drug-likeness (QED) is 0.255. The number of carbonyl (C=O) groups excluding carboxylic acids is 2. The lowest BCUT2D eigenvalue weighted by molar-refractivity contribution is -0.142. The molecule has 0 aromatic carbocycles. The van der Waals surface area contributed by atoms with Crippen LogP contribution >= 0.6 is 11.8 Å². The Hall–Kier alpha value is -1.36. The lowest BCUT2D eigenvalue weighted by Crippen LogP contribution is -2.57. The van der Waals surface area contributed by atoms with Gasteiger partial charge in [-0.2, -0.15) is 11.8 Å². The average Bonchev–Trinajstić information content (AvgIpc) is 2.46. The molecule has 0 spiro atoms. The van der Waals surface area contributed by atoms with Gasteiger partial charge in [-0.25, -0.2) is 4.79 Å². The molecular weight excluding hydrogens is 314 g/mol. The summed E-state index contributed by atoms with van der Waals surface area (Å²) in [5.41, 5.74) is 5.41. The van der Waals surface area contributed by atoms with Crippen molar-refractivity contribution in [2.24, 2.45) is 5.73 Å². The van der Waals surface area contributed by atoms with Gasteiger partial charge >= 0.3 is 5.97 Å². The Kier molecular flexibility index (Phi) is 9.74. The number of hydrogen-bond donors (Lipinski definition) is 6. The maximum atomic E-state index is 11.9. The summed E-state index contributed by atoms with van der Waals surface area (Å²) in [6.07, 6.45) is 0.881. The van der Waals surface area contributed by atoms with E-state index in [4.69, 9.17) is 15.9 Å². The first-order chi connectivity index (χ1) is 10.2. The highest BCUT2D eigenvalue weighted by atomic mass is 32.2. The van der Waals surface area contributed by atoms with Gasteiger partial charge in [0.15, 0.2) is 0 Å². The standard InChI is InChI=1S/C12H23N3O6S/c1-6(17)9(13)11(19)15-8(5-16)10(18)14-7(12(20)21)3-4-22-2/h6-9,16-17H,3-5,13H2,1-2H3,(H,14,18)(H,15,19)(H,20,21)/t6-,7+,8+,9+/m1/s1. The van der Waals surface area contributed by atoms with Gasteiger partial charge in [0.05, 0.1) is 12.7 Å². The van der Waals surface area contributed by atoms with E-state index in [0.29, 0.717) is 5.75 Å². The fourth-order valence-electron chi connectivity index (χ4n) is 1.45. The molecule has 0 rings (SSSR count). The van der Waals surface area contributed by atoms with Gasteiger partial charge in [0, 0.05) is 0 Å². The van der Waals surface area contributed by atoms with Crippen LogP contribution in [0, 0.1) is 0 Å². The first-order valence-corrected chi connectivity index (χ1v) is 8.01. The number of nitrogens with one attached hydrogen (secondary N) is 2. The molecule has 0 saturated carbocycles. The highest BCUT2D eigenvalue weighted by molar-refractivity contribution is 7.98. The fourth-order valence-corrected chi connectivity index (χ4v) is 1.92. The van der Waals surface area contributed by atoms with E-state index in [1.165, 1.54) is 18.7 Å². The second-order valence-corrected chi connectivity index (χ2v) is 5.68. The Morgan fingerprint density at radius 3 is 2.14 bits per heavy atom. The lowest BCUT2D eigenvalue weighted by Gasteiger charge is -2.22. The minimum absolute atomic E-state index is 0.210. The number of aliphatic carboxylic acids is 1. The minimum atomic E-state index is -1.34. The molecule has 10 heteroatoms. The zero-order valence-electron chi connectivity index (χ0n) is 12.5. The molecule has 0 aliphatic rings. The van der Waals surface area contributed by atoms with Crippen LogP contribution in [0.2, 0.25) is 0 Å². The molecule has 0 saturated heterocycles. The van der Waals surface area contributed by atoms with Crippen LogP contribution in [0.15, 0.2) is 0 Å². The number of amides is 2. The Bertz CT molecular complexity index is 393. The number of hydrogen-bond acceptors (Lipinski definition) is 7. The molecular formula is C12H23N3O6S. The van der Waals surface area contributed by atoms with Crippen molar-refractivity contribution in [3.63, 3.8) is 0 Å². The molecule has 0 aromatic rings. The molecule has 9 nitrogen and oxygen atoms in total. The Morgan fingerprint density at radius 2 is 1.73 bits per heavy atom. The van der Waals surface area contributed by atoms with Gasteiger partial charge < -0.3 is 31.7 Å². The second-order valence-electron chi connectivity index (χ2n) is 4.69. The molecule has 0 unspecified atom stereocenters. The van der Waals surface area contributed by atoms with Crippen LogP contribution in [-0.4, -0.2) is 75.9 Å². The van der Waals surface area contributed by atoms with Gasteiger partial charge in [0.25, 0.3) is 0 Å². The van der Waals surface area contributed by atoms with Crippen LogP contribution < -0.4 is 16.4 Å². The number of nitrogens with two attached hydrogens (primary N) is 1. The third kappa shape index (κ3) is 7.07. The van der Waals surface area contributed by atoms with E-state index in [1.54, 1.807) is 6.26 Å². The highest BCUT2D eigenvalue weighted by Gasteiger charge is 2.28. The number of carboxylic acids is 1. The zero-order chi connectivity index (χ0) is 17.3. The predicted octanol–water partition coefficient (Wildman–Crippen LogP) is -2.51. The van der Waals surface area contributed by atoms with Gasteiger partial charge in [-0.05, 0) is 25.4 Å². The third-order valence-corrected chi connectivity index (χ3v) is 3.51. The lowest BCUT2D eigenvalue weighted by atomic mass is 10.1. The van der Waals surface area contributed by atoms with Crippen LogP contribution in [0.3, 0.4) is 0 Å². The van der Waals surface area contributed by atoms with E-state index in [-0.39, 0.29) is 6.42 Å². The maximum absolute atomic E-state index is 11.9. The summed E-state index contributed by atoms with van der Waals surface area (Å²) >= 11 is 1.43. The van der Waals surface area contributed by atoms with E-state index < -0.39 is 48.6 Å².